The summed E-state index contributed by atoms with van der Waals surface area (Å²) in [7, 11) is 0. The molecule has 1 aliphatic heterocycles. The van der Waals surface area contributed by atoms with Gasteiger partial charge in [-0.15, -0.1) is 0 Å². The second-order valence-corrected chi connectivity index (χ2v) is 5.88. The van der Waals surface area contributed by atoms with Crippen molar-refractivity contribution < 1.29 is 9.47 Å². The van der Waals surface area contributed by atoms with Crippen LogP contribution < -0.4 is 0 Å². The summed E-state index contributed by atoms with van der Waals surface area (Å²) in [6.45, 7) is 10.3. The van der Waals surface area contributed by atoms with E-state index >= 15 is 0 Å². The van der Waals surface area contributed by atoms with Crippen molar-refractivity contribution in [3.8, 4) is 0 Å². The highest BCUT2D eigenvalue weighted by Gasteiger charge is 2.54. The fraction of sp³-hybridized carbons (Fsp3) is 0.714. The quantitative estimate of drug-likeness (QED) is 0.633. The van der Waals surface area contributed by atoms with Crippen LogP contribution in [0, 0.1) is 17.8 Å². The van der Waals surface area contributed by atoms with Gasteiger partial charge in [-0.05, 0) is 33.1 Å². The molecule has 0 aromatic carbocycles. The first-order valence-electron chi connectivity index (χ1n) is 6.17. The molecule has 1 saturated heterocycles. The molecule has 4 aliphatic rings. The zero-order chi connectivity index (χ0) is 11.5. The maximum atomic E-state index is 6.05. The van der Waals surface area contributed by atoms with Crippen LogP contribution in [0.1, 0.15) is 27.2 Å². The molecule has 4 rings (SSSR count). The van der Waals surface area contributed by atoms with Gasteiger partial charge >= 0.3 is 0 Å². The van der Waals surface area contributed by atoms with Crippen molar-refractivity contribution in [2.75, 3.05) is 0 Å². The highest BCUT2D eigenvalue weighted by molar-refractivity contribution is 5.21. The van der Waals surface area contributed by atoms with Crippen molar-refractivity contribution in [2.24, 2.45) is 17.8 Å². The lowest BCUT2D eigenvalue weighted by atomic mass is 9.64. The third kappa shape index (κ3) is 1.40. The Hall–Kier alpha value is -0.600. The van der Waals surface area contributed by atoms with Gasteiger partial charge in [0.2, 0.25) is 0 Å². The van der Waals surface area contributed by atoms with Gasteiger partial charge in [0.25, 0.3) is 0 Å². The fourth-order valence-corrected chi connectivity index (χ4v) is 3.49. The molecule has 2 nitrogen and oxygen atoms in total. The van der Waals surface area contributed by atoms with Gasteiger partial charge in [0, 0.05) is 11.8 Å². The normalized spacial score (nSPS) is 48.1. The Morgan fingerprint density at radius 2 is 1.94 bits per heavy atom. The van der Waals surface area contributed by atoms with Crippen LogP contribution in [-0.2, 0) is 9.47 Å². The third-order valence-corrected chi connectivity index (χ3v) is 4.17. The first-order valence-corrected chi connectivity index (χ1v) is 6.17. The zero-order valence-electron chi connectivity index (χ0n) is 10.3. The van der Waals surface area contributed by atoms with E-state index in [9.17, 15) is 0 Å². The van der Waals surface area contributed by atoms with Gasteiger partial charge in [0.05, 0.1) is 12.2 Å². The van der Waals surface area contributed by atoms with Crippen LogP contribution in [0.3, 0.4) is 0 Å². The lowest BCUT2D eigenvalue weighted by Gasteiger charge is -2.44. The summed E-state index contributed by atoms with van der Waals surface area (Å²) in [6, 6.07) is 0. The Bertz CT molecular complexity index is 356. The van der Waals surface area contributed by atoms with Gasteiger partial charge in [-0.25, -0.2) is 0 Å². The van der Waals surface area contributed by atoms with E-state index in [1.165, 1.54) is 12.0 Å². The molecule has 0 radical (unpaired) electrons. The van der Waals surface area contributed by atoms with Crippen molar-refractivity contribution >= 4 is 0 Å². The Kier molecular flexibility index (Phi) is 2.11. The van der Waals surface area contributed by atoms with E-state index in [2.05, 4.69) is 25.7 Å². The Balaban J connectivity index is 1.92. The van der Waals surface area contributed by atoms with Crippen molar-refractivity contribution in [2.45, 2.75) is 45.2 Å². The van der Waals surface area contributed by atoms with E-state index in [0.29, 0.717) is 17.8 Å². The minimum Gasteiger partial charge on any atom is -0.344 e. The number of hydrogen-bond donors (Lipinski definition) is 0. The maximum Gasteiger partial charge on any atom is 0.163 e. The molecule has 0 amide bonds. The molecule has 88 valence electrons. The first-order chi connectivity index (χ1) is 7.48. The molecule has 16 heavy (non-hydrogen) atoms. The predicted molar refractivity (Wildman–Crippen MR) is 62.9 cm³/mol. The number of rotatable bonds is 1. The third-order valence-electron chi connectivity index (χ3n) is 4.17. The average molecular weight is 220 g/mol. The van der Waals surface area contributed by atoms with Gasteiger partial charge in [0.15, 0.2) is 5.79 Å². The van der Waals surface area contributed by atoms with Crippen molar-refractivity contribution in [3.63, 3.8) is 0 Å². The van der Waals surface area contributed by atoms with Gasteiger partial charge < -0.3 is 9.47 Å². The van der Waals surface area contributed by atoms with E-state index < -0.39 is 5.79 Å². The lowest BCUT2D eigenvalue weighted by Crippen LogP contribution is -2.47. The second kappa shape index (κ2) is 3.21. The van der Waals surface area contributed by atoms with E-state index in [0.717, 1.165) is 0 Å². The number of hydrogen-bond acceptors (Lipinski definition) is 2. The number of allylic oxidation sites excluding steroid dienone is 1. The molecule has 0 aromatic heterocycles. The standard InChI is InChI=1S/C14H20O2/c1-8(2)11-7-9-5-6-10(11)13-12(9)15-14(3,4)16-13/h5-6,9-13H,1,7H2,2-4H3. The summed E-state index contributed by atoms with van der Waals surface area (Å²) in [5, 5.41) is 0. The minimum absolute atomic E-state index is 0.237. The van der Waals surface area contributed by atoms with Crippen molar-refractivity contribution in [3.05, 3.63) is 24.3 Å². The molecule has 5 unspecified atom stereocenters. The van der Waals surface area contributed by atoms with Crippen LogP contribution in [0.15, 0.2) is 24.3 Å². The van der Waals surface area contributed by atoms with Crippen molar-refractivity contribution in [1.29, 1.82) is 0 Å². The summed E-state index contributed by atoms with van der Waals surface area (Å²) in [5.74, 6) is 1.14. The van der Waals surface area contributed by atoms with Crippen LogP contribution in [0.5, 0.6) is 0 Å². The summed E-state index contributed by atoms with van der Waals surface area (Å²) in [4.78, 5) is 0. The Labute approximate surface area is 97.3 Å². The number of ether oxygens (including phenoxy) is 2. The summed E-state index contributed by atoms with van der Waals surface area (Å²) >= 11 is 0. The molecule has 2 fully saturated rings. The maximum absolute atomic E-state index is 6.05. The van der Waals surface area contributed by atoms with Crippen LogP contribution >= 0.6 is 0 Å². The molecule has 1 heterocycles. The Morgan fingerprint density at radius 1 is 1.25 bits per heavy atom. The average Bonchev–Trinajstić information content (AvgIpc) is 2.54. The molecule has 2 bridgehead atoms. The van der Waals surface area contributed by atoms with Crippen LogP contribution in [0.2, 0.25) is 0 Å². The number of fused-ring (bicyclic) bond motifs is 1. The topological polar surface area (TPSA) is 18.5 Å². The minimum atomic E-state index is -0.415. The first kappa shape index (κ1) is 10.5. The molecule has 2 heteroatoms. The molecule has 5 atom stereocenters. The van der Waals surface area contributed by atoms with E-state index in [1.54, 1.807) is 0 Å². The van der Waals surface area contributed by atoms with Crippen LogP contribution in [-0.4, -0.2) is 18.0 Å². The molecule has 1 saturated carbocycles. The summed E-state index contributed by atoms with van der Waals surface area (Å²) in [5.41, 5.74) is 1.28. The highest BCUT2D eigenvalue weighted by atomic mass is 16.8. The van der Waals surface area contributed by atoms with Gasteiger partial charge in [-0.1, -0.05) is 24.3 Å². The monoisotopic (exact) mass is 220 g/mol. The van der Waals surface area contributed by atoms with Crippen LogP contribution in [0.4, 0.5) is 0 Å². The zero-order valence-corrected chi connectivity index (χ0v) is 10.3. The van der Waals surface area contributed by atoms with Gasteiger partial charge in [-0.3, -0.25) is 0 Å². The molecular weight excluding hydrogens is 200 g/mol. The van der Waals surface area contributed by atoms with Crippen molar-refractivity contribution in [1.82, 2.24) is 0 Å². The smallest absolute Gasteiger partial charge is 0.163 e. The molecule has 0 aromatic rings. The largest absolute Gasteiger partial charge is 0.344 e. The molecule has 0 spiro atoms. The molecule has 0 N–H and O–H groups in total. The summed E-state index contributed by atoms with van der Waals surface area (Å²) < 4.78 is 12.1. The van der Waals surface area contributed by atoms with Crippen LogP contribution in [0.25, 0.3) is 0 Å². The molecular formula is C14H20O2. The second-order valence-electron chi connectivity index (χ2n) is 5.88. The van der Waals surface area contributed by atoms with E-state index in [4.69, 9.17) is 9.47 Å². The van der Waals surface area contributed by atoms with E-state index in [-0.39, 0.29) is 12.2 Å². The van der Waals surface area contributed by atoms with E-state index in [1.807, 2.05) is 13.8 Å². The summed E-state index contributed by atoms with van der Waals surface area (Å²) in [6.07, 6.45) is 6.31. The lowest BCUT2D eigenvalue weighted by molar-refractivity contribution is -0.148. The SMILES string of the molecule is C=C(C)C1CC2C=CC1C1OC(C)(C)OC21. The molecule has 3 aliphatic carbocycles. The fourth-order valence-electron chi connectivity index (χ4n) is 3.49. The highest BCUT2D eigenvalue weighted by Crippen LogP contribution is 2.50. The predicted octanol–water partition coefficient (Wildman–Crippen LogP) is 2.90. The van der Waals surface area contributed by atoms with Gasteiger partial charge in [0.1, 0.15) is 0 Å². The Morgan fingerprint density at radius 3 is 2.62 bits per heavy atom. The van der Waals surface area contributed by atoms with Gasteiger partial charge in [-0.2, -0.15) is 0 Å².